The van der Waals surface area contributed by atoms with Crippen LogP contribution in [0.2, 0.25) is 0 Å². The van der Waals surface area contributed by atoms with E-state index in [0.29, 0.717) is 11.1 Å². The summed E-state index contributed by atoms with van der Waals surface area (Å²) in [7, 11) is -3.75. The number of benzene rings is 2. The van der Waals surface area contributed by atoms with Crippen LogP contribution in [0.1, 0.15) is 84.9 Å². The molecular weight excluding hydrogens is 583 g/mol. The summed E-state index contributed by atoms with van der Waals surface area (Å²) < 4.78 is 37.1. The van der Waals surface area contributed by atoms with Crippen molar-refractivity contribution in [2.45, 2.75) is 98.4 Å². The average molecular weight is 633 g/mol. The van der Waals surface area contributed by atoms with E-state index in [1.165, 1.54) is 0 Å². The maximum absolute atomic E-state index is 14.7. The van der Waals surface area contributed by atoms with Crippen molar-refractivity contribution in [3.8, 4) is 0 Å². The number of hydrogen-bond acceptors (Lipinski definition) is 8. The Morgan fingerprint density at radius 3 is 2.02 bits per heavy atom. The predicted molar refractivity (Wildman–Crippen MR) is 171 cm³/mol. The van der Waals surface area contributed by atoms with Gasteiger partial charge in [-0.15, -0.1) is 0 Å². The summed E-state index contributed by atoms with van der Waals surface area (Å²) in [6.07, 6.45) is -1.53. The normalized spacial score (nSPS) is 14.6. The zero-order valence-electron chi connectivity index (χ0n) is 27.5. The molecule has 0 radical (unpaired) electrons. The topological polar surface area (TPSA) is 129 Å². The van der Waals surface area contributed by atoms with E-state index in [1.807, 2.05) is 44.2 Å². The summed E-state index contributed by atoms with van der Waals surface area (Å²) in [4.78, 5) is 38.7. The Labute approximate surface area is 262 Å². The van der Waals surface area contributed by atoms with E-state index in [4.69, 9.17) is 18.7 Å². The second-order valence-corrected chi connectivity index (χ2v) is 15.5. The van der Waals surface area contributed by atoms with Gasteiger partial charge in [-0.05, 0) is 71.1 Å². The van der Waals surface area contributed by atoms with Crippen LogP contribution in [0.5, 0.6) is 0 Å². The molecule has 0 aromatic heterocycles. The van der Waals surface area contributed by atoms with Crippen LogP contribution in [0.3, 0.4) is 0 Å². The molecule has 0 saturated heterocycles. The second-order valence-electron chi connectivity index (χ2n) is 12.9. The van der Waals surface area contributed by atoms with Crippen molar-refractivity contribution in [3.63, 3.8) is 0 Å². The van der Waals surface area contributed by atoms with E-state index >= 15 is 0 Å². The summed E-state index contributed by atoms with van der Waals surface area (Å²) in [5, 5.41) is 5.47. The molecule has 2 amide bonds. The van der Waals surface area contributed by atoms with E-state index in [0.717, 1.165) is 5.56 Å². The van der Waals surface area contributed by atoms with Crippen molar-refractivity contribution in [1.82, 2.24) is 10.6 Å². The Bertz CT molecular complexity index is 1280. The fraction of sp³-hybridized carbons (Fsp3) is 0.545. The largest absolute Gasteiger partial charge is 0.459 e. The monoisotopic (exact) mass is 632 g/mol. The van der Waals surface area contributed by atoms with Crippen LogP contribution in [0.25, 0.3) is 0 Å². The number of nitrogens with one attached hydrogen (secondary N) is 2. The molecule has 2 aromatic carbocycles. The molecule has 0 saturated carbocycles. The summed E-state index contributed by atoms with van der Waals surface area (Å²) >= 11 is 0. The zero-order chi connectivity index (χ0) is 33.1. The summed E-state index contributed by atoms with van der Waals surface area (Å²) in [5.41, 5.74) is 0.594. The standard InChI is InChI=1S/C33H49N2O8P/c1-10-41-44(39,28(23(2)3)35-31(38)40-21-24-15-12-11-13-16-24)22-27(29(36)42-32(4,5)6)26-18-14-17-25(19-26)20-34-30(37)43-33(7,8)9/h11-19,23,27-28H,10,20-22H2,1-9H3,(H,34,37)(H,35,38). The molecule has 3 unspecified atom stereocenters. The first-order valence-electron chi connectivity index (χ1n) is 14.9. The van der Waals surface area contributed by atoms with Gasteiger partial charge in [-0.3, -0.25) is 9.36 Å². The Kier molecular flexibility index (Phi) is 13.5. The number of alkyl carbamates (subject to hydrolysis) is 2. The van der Waals surface area contributed by atoms with Gasteiger partial charge in [0.15, 0.2) is 0 Å². The quantitative estimate of drug-likeness (QED) is 0.133. The van der Waals surface area contributed by atoms with Crippen molar-refractivity contribution in [2.24, 2.45) is 5.92 Å². The number of rotatable bonds is 13. The number of amides is 2. The Balaban J connectivity index is 2.38. The van der Waals surface area contributed by atoms with Gasteiger partial charge < -0.3 is 29.4 Å². The molecule has 0 heterocycles. The van der Waals surface area contributed by atoms with Gasteiger partial charge in [0.1, 0.15) is 23.6 Å². The van der Waals surface area contributed by atoms with Crippen molar-refractivity contribution < 1.29 is 37.7 Å². The summed E-state index contributed by atoms with van der Waals surface area (Å²) in [5.74, 6) is -2.83. The molecule has 2 aromatic rings. The van der Waals surface area contributed by atoms with Crippen molar-refractivity contribution in [1.29, 1.82) is 0 Å². The maximum Gasteiger partial charge on any atom is 0.408 e. The molecule has 0 aliphatic heterocycles. The van der Waals surface area contributed by atoms with Crippen LogP contribution in [0.15, 0.2) is 54.6 Å². The van der Waals surface area contributed by atoms with E-state index in [2.05, 4.69) is 10.6 Å². The number of esters is 1. The SMILES string of the molecule is CCOP(=O)(CC(C(=O)OC(C)(C)C)c1cccc(CNC(=O)OC(C)(C)C)c1)C(NC(=O)OCc1ccccc1)C(C)C. The van der Waals surface area contributed by atoms with Gasteiger partial charge in [0, 0.05) is 12.7 Å². The molecule has 10 nitrogen and oxygen atoms in total. The minimum absolute atomic E-state index is 0.0427. The molecule has 244 valence electrons. The van der Waals surface area contributed by atoms with Gasteiger partial charge in [0.2, 0.25) is 7.37 Å². The van der Waals surface area contributed by atoms with Crippen LogP contribution < -0.4 is 10.6 Å². The average Bonchev–Trinajstić information content (AvgIpc) is 2.91. The highest BCUT2D eigenvalue weighted by Crippen LogP contribution is 2.56. The summed E-state index contributed by atoms with van der Waals surface area (Å²) in [6.45, 7) is 16.2. The minimum Gasteiger partial charge on any atom is -0.459 e. The molecule has 0 spiro atoms. The van der Waals surface area contributed by atoms with Gasteiger partial charge in [-0.1, -0.05) is 68.4 Å². The lowest BCUT2D eigenvalue weighted by Crippen LogP contribution is -2.41. The third-order valence-electron chi connectivity index (χ3n) is 6.20. The predicted octanol–water partition coefficient (Wildman–Crippen LogP) is 7.36. The van der Waals surface area contributed by atoms with Crippen LogP contribution in [-0.2, 0) is 41.2 Å². The number of carbonyl (C=O) groups excluding carboxylic acids is 3. The molecule has 2 rings (SSSR count). The molecule has 11 heteroatoms. The highest BCUT2D eigenvalue weighted by molar-refractivity contribution is 7.59. The van der Waals surface area contributed by atoms with Gasteiger partial charge in [0.25, 0.3) is 0 Å². The van der Waals surface area contributed by atoms with Crippen LogP contribution in [0.4, 0.5) is 9.59 Å². The minimum atomic E-state index is -3.75. The van der Waals surface area contributed by atoms with Gasteiger partial charge in [-0.25, -0.2) is 9.59 Å². The van der Waals surface area contributed by atoms with Crippen molar-refractivity contribution in [2.75, 3.05) is 12.8 Å². The van der Waals surface area contributed by atoms with E-state index in [1.54, 1.807) is 72.7 Å². The first-order chi connectivity index (χ1) is 20.4. The van der Waals surface area contributed by atoms with Crippen LogP contribution >= 0.6 is 7.37 Å². The van der Waals surface area contributed by atoms with Gasteiger partial charge in [0.05, 0.1) is 12.5 Å². The molecule has 0 fully saturated rings. The molecular formula is C33H49N2O8P. The molecule has 0 aliphatic rings. The molecule has 2 N–H and O–H groups in total. The zero-order valence-corrected chi connectivity index (χ0v) is 28.4. The fourth-order valence-corrected chi connectivity index (χ4v) is 7.43. The Hall–Kier alpha value is -3.36. The highest BCUT2D eigenvalue weighted by Gasteiger charge is 2.43. The molecule has 3 atom stereocenters. The molecule has 44 heavy (non-hydrogen) atoms. The lowest BCUT2D eigenvalue weighted by Gasteiger charge is -2.33. The lowest BCUT2D eigenvalue weighted by molar-refractivity contribution is -0.156. The van der Waals surface area contributed by atoms with Crippen LogP contribution in [0, 0.1) is 5.92 Å². The number of ether oxygens (including phenoxy) is 3. The van der Waals surface area contributed by atoms with E-state index < -0.39 is 48.4 Å². The first kappa shape index (κ1) is 36.8. The summed E-state index contributed by atoms with van der Waals surface area (Å²) in [6, 6.07) is 16.3. The van der Waals surface area contributed by atoms with Gasteiger partial charge >= 0.3 is 18.2 Å². The van der Waals surface area contributed by atoms with Gasteiger partial charge in [-0.2, -0.15) is 0 Å². The highest BCUT2D eigenvalue weighted by atomic mass is 31.2. The number of hydrogen-bond donors (Lipinski definition) is 2. The smallest absolute Gasteiger partial charge is 0.408 e. The number of carbonyl (C=O) groups is 3. The maximum atomic E-state index is 14.7. The Morgan fingerprint density at radius 2 is 1.45 bits per heavy atom. The van der Waals surface area contributed by atoms with E-state index in [-0.39, 0.29) is 31.8 Å². The van der Waals surface area contributed by atoms with Crippen LogP contribution in [-0.4, -0.2) is 47.9 Å². The van der Waals surface area contributed by atoms with E-state index in [9.17, 15) is 18.9 Å². The molecule has 0 aliphatic carbocycles. The molecule has 0 bridgehead atoms. The van der Waals surface area contributed by atoms with Crippen molar-refractivity contribution >= 4 is 25.5 Å². The Morgan fingerprint density at radius 1 is 0.841 bits per heavy atom. The fourth-order valence-electron chi connectivity index (χ4n) is 4.42. The third kappa shape index (κ3) is 12.7. The second kappa shape index (κ2) is 16.1. The third-order valence-corrected chi connectivity index (χ3v) is 9.34. The van der Waals surface area contributed by atoms with Crippen molar-refractivity contribution in [3.05, 3.63) is 71.3 Å². The first-order valence-corrected chi connectivity index (χ1v) is 16.8. The lowest BCUT2D eigenvalue weighted by atomic mass is 9.98.